The summed E-state index contributed by atoms with van der Waals surface area (Å²) in [5.41, 5.74) is 1.26. The van der Waals surface area contributed by atoms with E-state index in [-0.39, 0.29) is 17.8 Å². The van der Waals surface area contributed by atoms with Gasteiger partial charge in [-0.25, -0.2) is 4.39 Å². The van der Waals surface area contributed by atoms with E-state index < -0.39 is 0 Å². The van der Waals surface area contributed by atoms with Gasteiger partial charge in [-0.15, -0.1) is 0 Å². The van der Waals surface area contributed by atoms with Crippen LogP contribution in [0, 0.1) is 18.7 Å². The number of carbonyl (C=O) groups is 1. The van der Waals surface area contributed by atoms with Gasteiger partial charge in [-0.3, -0.25) is 4.79 Å². The van der Waals surface area contributed by atoms with Gasteiger partial charge in [-0.2, -0.15) is 0 Å². The Labute approximate surface area is 119 Å². The van der Waals surface area contributed by atoms with E-state index in [1.807, 2.05) is 4.90 Å². The second-order valence-corrected chi connectivity index (χ2v) is 5.53. The first kappa shape index (κ1) is 15.0. The van der Waals surface area contributed by atoms with Gasteiger partial charge >= 0.3 is 0 Å². The summed E-state index contributed by atoms with van der Waals surface area (Å²) in [7, 11) is 1.63. The molecule has 0 spiro atoms. The molecular formula is C16H22FNO2. The fraction of sp³-hybridized carbons (Fsp3) is 0.562. The molecular weight excluding hydrogens is 257 g/mol. The van der Waals surface area contributed by atoms with Gasteiger partial charge in [-0.1, -0.05) is 0 Å². The van der Waals surface area contributed by atoms with E-state index in [1.165, 1.54) is 25.0 Å². The largest absolute Gasteiger partial charge is 0.383 e. The third-order valence-corrected chi connectivity index (χ3v) is 4.01. The van der Waals surface area contributed by atoms with E-state index in [4.69, 9.17) is 4.74 Å². The number of ether oxygens (including phenoxy) is 1. The number of halogens is 1. The lowest BCUT2D eigenvalue weighted by molar-refractivity contribution is 0.0594. The molecule has 0 heterocycles. The van der Waals surface area contributed by atoms with Crippen LogP contribution in [0.5, 0.6) is 0 Å². The van der Waals surface area contributed by atoms with Crippen molar-refractivity contribution in [3.05, 3.63) is 35.1 Å². The standard InChI is InChI=1S/C16H22FNO2/c1-11-10-14(17)6-7-15(11)16(19)18(8-9-20-3)12(2)13-4-5-13/h6-7,10,12-13H,4-5,8-9H2,1-3H3. The van der Waals surface area contributed by atoms with Gasteiger partial charge in [0.1, 0.15) is 5.82 Å². The number of amides is 1. The maximum atomic E-state index is 13.2. The van der Waals surface area contributed by atoms with Gasteiger partial charge in [0, 0.05) is 25.3 Å². The van der Waals surface area contributed by atoms with Crippen LogP contribution in [0.4, 0.5) is 4.39 Å². The van der Waals surface area contributed by atoms with Crippen LogP contribution in [0.2, 0.25) is 0 Å². The number of benzene rings is 1. The number of methoxy groups -OCH3 is 1. The minimum Gasteiger partial charge on any atom is -0.383 e. The third-order valence-electron chi connectivity index (χ3n) is 4.01. The second kappa shape index (κ2) is 6.35. The van der Waals surface area contributed by atoms with Crippen LogP contribution in [-0.4, -0.2) is 37.1 Å². The number of rotatable bonds is 6. The summed E-state index contributed by atoms with van der Waals surface area (Å²) >= 11 is 0. The van der Waals surface area contributed by atoms with E-state index in [2.05, 4.69) is 6.92 Å². The number of carbonyl (C=O) groups excluding carboxylic acids is 1. The van der Waals surface area contributed by atoms with Crippen molar-refractivity contribution in [2.75, 3.05) is 20.3 Å². The van der Waals surface area contributed by atoms with Crippen molar-refractivity contribution >= 4 is 5.91 Å². The van der Waals surface area contributed by atoms with Gasteiger partial charge in [-0.05, 0) is 56.4 Å². The van der Waals surface area contributed by atoms with E-state index in [0.29, 0.717) is 30.2 Å². The maximum Gasteiger partial charge on any atom is 0.254 e. The summed E-state index contributed by atoms with van der Waals surface area (Å²) in [5.74, 6) is 0.258. The summed E-state index contributed by atoms with van der Waals surface area (Å²) in [5, 5.41) is 0. The van der Waals surface area contributed by atoms with Crippen LogP contribution >= 0.6 is 0 Å². The topological polar surface area (TPSA) is 29.5 Å². The normalized spacial score (nSPS) is 16.0. The lowest BCUT2D eigenvalue weighted by Gasteiger charge is -2.30. The SMILES string of the molecule is COCCN(C(=O)c1ccc(F)cc1C)C(C)C1CC1. The van der Waals surface area contributed by atoms with Gasteiger partial charge in [0.05, 0.1) is 6.61 Å². The van der Waals surface area contributed by atoms with Crippen LogP contribution in [0.25, 0.3) is 0 Å². The predicted octanol–water partition coefficient (Wildman–Crippen LogP) is 3.02. The molecule has 2 rings (SSSR count). The highest BCUT2D eigenvalue weighted by atomic mass is 19.1. The Bertz CT molecular complexity index is 485. The first-order valence-electron chi connectivity index (χ1n) is 7.10. The highest BCUT2D eigenvalue weighted by Gasteiger charge is 2.34. The molecule has 1 aromatic rings. The molecule has 1 aromatic carbocycles. The lowest BCUT2D eigenvalue weighted by Crippen LogP contribution is -2.42. The molecule has 0 radical (unpaired) electrons. The van der Waals surface area contributed by atoms with Gasteiger partial charge in [0.2, 0.25) is 0 Å². The molecule has 0 bridgehead atoms. The zero-order chi connectivity index (χ0) is 14.7. The van der Waals surface area contributed by atoms with E-state index in [0.717, 1.165) is 0 Å². The van der Waals surface area contributed by atoms with Crippen molar-refractivity contribution < 1.29 is 13.9 Å². The lowest BCUT2D eigenvalue weighted by atomic mass is 10.1. The number of hydrogen-bond donors (Lipinski definition) is 0. The number of aryl methyl sites for hydroxylation is 1. The number of hydrogen-bond acceptors (Lipinski definition) is 2. The van der Waals surface area contributed by atoms with Crippen LogP contribution in [-0.2, 0) is 4.74 Å². The summed E-state index contributed by atoms with van der Waals surface area (Å²) in [6.45, 7) is 4.95. The average molecular weight is 279 g/mol. The summed E-state index contributed by atoms with van der Waals surface area (Å²) in [6.07, 6.45) is 2.36. The first-order valence-corrected chi connectivity index (χ1v) is 7.10. The molecule has 110 valence electrons. The fourth-order valence-corrected chi connectivity index (χ4v) is 2.53. The molecule has 1 aliphatic carbocycles. The highest BCUT2D eigenvalue weighted by Crippen LogP contribution is 2.35. The molecule has 1 atom stereocenters. The summed E-state index contributed by atoms with van der Waals surface area (Å²) in [6, 6.07) is 4.54. The van der Waals surface area contributed by atoms with Gasteiger partial charge < -0.3 is 9.64 Å². The smallest absolute Gasteiger partial charge is 0.254 e. The molecule has 1 saturated carbocycles. The third kappa shape index (κ3) is 3.37. The fourth-order valence-electron chi connectivity index (χ4n) is 2.53. The summed E-state index contributed by atoms with van der Waals surface area (Å²) < 4.78 is 18.3. The Balaban J connectivity index is 2.20. The zero-order valence-corrected chi connectivity index (χ0v) is 12.4. The predicted molar refractivity (Wildman–Crippen MR) is 76.2 cm³/mol. The van der Waals surface area contributed by atoms with E-state index in [1.54, 1.807) is 20.1 Å². The van der Waals surface area contributed by atoms with E-state index >= 15 is 0 Å². The average Bonchev–Trinajstić information content (AvgIpc) is 3.22. The zero-order valence-electron chi connectivity index (χ0n) is 12.4. The van der Waals surface area contributed by atoms with Gasteiger partial charge in [0.15, 0.2) is 0 Å². The quantitative estimate of drug-likeness (QED) is 0.801. The Morgan fingerprint density at radius 2 is 2.20 bits per heavy atom. The first-order chi connectivity index (χ1) is 9.54. The molecule has 0 saturated heterocycles. The molecule has 0 aliphatic heterocycles. The van der Waals surface area contributed by atoms with Crippen LogP contribution in [0.15, 0.2) is 18.2 Å². The minimum absolute atomic E-state index is 0.0287. The molecule has 3 nitrogen and oxygen atoms in total. The summed E-state index contributed by atoms with van der Waals surface area (Å²) in [4.78, 5) is 14.6. The second-order valence-electron chi connectivity index (χ2n) is 5.53. The Hall–Kier alpha value is -1.42. The van der Waals surface area contributed by atoms with Crippen LogP contribution in [0.3, 0.4) is 0 Å². The molecule has 0 N–H and O–H groups in total. The number of nitrogens with zero attached hydrogens (tertiary/aromatic N) is 1. The molecule has 4 heteroatoms. The van der Waals surface area contributed by atoms with Crippen LogP contribution < -0.4 is 0 Å². The molecule has 1 aliphatic rings. The van der Waals surface area contributed by atoms with Crippen LogP contribution in [0.1, 0.15) is 35.7 Å². The minimum atomic E-state index is -0.308. The maximum absolute atomic E-state index is 13.2. The van der Waals surface area contributed by atoms with Crippen molar-refractivity contribution in [2.45, 2.75) is 32.7 Å². The Kier molecular flexibility index (Phi) is 4.76. The van der Waals surface area contributed by atoms with Crippen molar-refractivity contribution in [1.82, 2.24) is 4.90 Å². The van der Waals surface area contributed by atoms with E-state index in [9.17, 15) is 9.18 Å². The Morgan fingerprint density at radius 3 is 2.75 bits per heavy atom. The van der Waals surface area contributed by atoms with Crippen molar-refractivity contribution in [3.8, 4) is 0 Å². The molecule has 1 unspecified atom stereocenters. The highest BCUT2D eigenvalue weighted by molar-refractivity contribution is 5.95. The molecule has 1 fully saturated rings. The molecule has 0 aromatic heterocycles. The van der Waals surface area contributed by atoms with Crippen molar-refractivity contribution in [2.24, 2.45) is 5.92 Å². The van der Waals surface area contributed by atoms with Gasteiger partial charge in [0.25, 0.3) is 5.91 Å². The van der Waals surface area contributed by atoms with Crippen molar-refractivity contribution in [1.29, 1.82) is 0 Å². The monoisotopic (exact) mass is 279 g/mol. The Morgan fingerprint density at radius 1 is 1.50 bits per heavy atom. The molecule has 1 amide bonds. The van der Waals surface area contributed by atoms with Crippen molar-refractivity contribution in [3.63, 3.8) is 0 Å². The molecule has 20 heavy (non-hydrogen) atoms.